The zero-order chi connectivity index (χ0) is 50.3. The summed E-state index contributed by atoms with van der Waals surface area (Å²) in [5, 5.41) is 38.9. The van der Waals surface area contributed by atoms with Crippen molar-refractivity contribution in [3.8, 4) is 28.7 Å². The number of fused-ring (bicyclic) bond motifs is 9. The third kappa shape index (κ3) is 9.43. The molecule has 0 saturated carbocycles. The first-order chi connectivity index (χ1) is 33.3. The Bertz CT molecular complexity index is 2710. The van der Waals surface area contributed by atoms with Crippen molar-refractivity contribution in [3.63, 3.8) is 0 Å². The summed E-state index contributed by atoms with van der Waals surface area (Å²) in [6.07, 6.45) is 1.88. The number of esters is 1. The number of methoxy groups -OCH3 is 1. The number of phenolic OH excluding ortho intramolecular Hbond substituents is 1. The number of phenols is 1. The smallest absolute Gasteiger partial charge is 0.312 e. The predicted octanol–water partition coefficient (Wildman–Crippen LogP) is 6.43. The maximum atomic E-state index is 15.0. The van der Waals surface area contributed by atoms with Crippen LogP contribution in [0.3, 0.4) is 0 Å². The van der Waals surface area contributed by atoms with Crippen molar-refractivity contribution in [1.29, 1.82) is 0 Å². The molecule has 0 aromatic heterocycles. The number of ether oxygens (including phenoxy) is 8. The minimum Gasteiger partial charge on any atom is -0.507 e. The van der Waals surface area contributed by atoms with Crippen LogP contribution in [0.2, 0.25) is 0 Å². The van der Waals surface area contributed by atoms with Gasteiger partial charge >= 0.3 is 11.8 Å². The number of aliphatic imine (C=N–C) groups is 1. The largest absolute Gasteiger partial charge is 0.507 e. The fraction of sp³-hybridized carbons (Fsp3) is 0.434. The molecule has 3 aromatic carbocycles. The van der Waals surface area contributed by atoms with Crippen LogP contribution in [-0.2, 0) is 35.1 Å². The van der Waals surface area contributed by atoms with Gasteiger partial charge in [0.1, 0.15) is 60.2 Å². The van der Waals surface area contributed by atoms with Crippen LogP contribution in [0.1, 0.15) is 80.3 Å². The number of aliphatic hydroxyl groups is 2. The van der Waals surface area contributed by atoms with Gasteiger partial charge in [-0.15, -0.1) is 0 Å². The van der Waals surface area contributed by atoms with Gasteiger partial charge in [-0.3, -0.25) is 14.4 Å². The third-order valence-corrected chi connectivity index (χ3v) is 13.5. The van der Waals surface area contributed by atoms with Gasteiger partial charge in [-0.2, -0.15) is 0 Å². The standard InChI is InChI=1S/C53H61N3O14/c1-26-15-14-16-27(2)52(62)55-42-45(60)38-37(41-49(42)68-36-24-33(64-22-20-56(8)9)23-35(40(36)54-41)65-25-32-17-12-11-13-18-32)39-47(29(4)43(38)58)70-53(7,51(39)61)66-21-19-34(63-10)28(3)48(67-31(6)57)50-44(59)30(5)46(26)69-50/h11-19,21,23-24,26,28,30,34,44-46,48,50,58-60H,20,22,25H2,1-10H3,(H,55,62)/b15-14+,21-19+,27-16-/t26-,28+,30-,34-,44+,45?,46-,48+,50+,53-/m0/s1. The molecule has 4 N–H and O–H groups in total. The van der Waals surface area contributed by atoms with E-state index in [4.69, 9.17) is 42.9 Å². The molecule has 10 atom stereocenters. The van der Waals surface area contributed by atoms with Gasteiger partial charge < -0.3 is 63.4 Å². The number of Topliss-reactive ketones (excluding diaryl/α,β-unsaturated/α-hetero) is 1. The molecule has 17 heteroatoms. The molecule has 1 aliphatic carbocycles. The molecule has 0 radical (unpaired) electrons. The van der Waals surface area contributed by atoms with Crippen LogP contribution in [0.15, 0.2) is 95.1 Å². The molecule has 1 amide bonds. The maximum Gasteiger partial charge on any atom is 0.312 e. The highest BCUT2D eigenvalue weighted by molar-refractivity contribution is 6.25. The second-order valence-corrected chi connectivity index (χ2v) is 18.8. The van der Waals surface area contributed by atoms with Crippen LogP contribution < -0.4 is 24.3 Å². The molecular formula is C53H61N3O14. The minimum absolute atomic E-state index is 0.0103. The number of hydrogen-bond acceptors (Lipinski definition) is 16. The Morgan fingerprint density at radius 3 is 2.43 bits per heavy atom. The number of ketones is 1. The molecule has 5 heterocycles. The second kappa shape index (κ2) is 20.1. The van der Waals surface area contributed by atoms with Crippen LogP contribution in [0.5, 0.6) is 28.7 Å². The summed E-state index contributed by atoms with van der Waals surface area (Å²) < 4.78 is 50.0. The highest BCUT2D eigenvalue weighted by atomic mass is 16.7. The van der Waals surface area contributed by atoms with E-state index in [9.17, 15) is 24.9 Å². The molecule has 9 rings (SSSR count). The Labute approximate surface area is 407 Å². The Morgan fingerprint density at radius 1 is 0.986 bits per heavy atom. The molecule has 5 aliphatic heterocycles. The lowest BCUT2D eigenvalue weighted by Gasteiger charge is -2.33. The van der Waals surface area contributed by atoms with Crippen LogP contribution in [-0.4, -0.2) is 114 Å². The number of rotatable bonds is 9. The summed E-state index contributed by atoms with van der Waals surface area (Å²) in [5.41, 5.74) is 1.04. The number of carbonyl (C=O) groups excluding carboxylic acids is 3. The lowest BCUT2D eigenvalue weighted by molar-refractivity contribution is -0.168. The number of carbonyl (C=O) groups is 3. The van der Waals surface area contributed by atoms with Crippen LogP contribution in [0.25, 0.3) is 0 Å². The summed E-state index contributed by atoms with van der Waals surface area (Å²) in [5.74, 6) is -4.99. The normalized spacial score (nSPS) is 29.9. The quantitative estimate of drug-likeness (QED) is 0.170. The number of amides is 1. The number of aromatic hydroxyl groups is 1. The van der Waals surface area contributed by atoms with E-state index < -0.39 is 77.7 Å². The summed E-state index contributed by atoms with van der Waals surface area (Å²) in [4.78, 5) is 48.9. The SMILES string of the molecule is CO[C@H]1/C=C/O[C@@]2(C)Oc3c(C)c(O)c4c(c3C2=O)C2=Nc3c(OCc5ccccc5)cc(OCCN(C)C)cc3OC2=C(NC(=O)/C(C)=C\C=C\[C@H](C)[C@@H]2O[C@H]([C@H](O)[C@@H]2C)[C@H](OC(C)=O)[C@@H]1C)C4O. The fourth-order valence-electron chi connectivity index (χ4n) is 9.46. The summed E-state index contributed by atoms with van der Waals surface area (Å²) in [6, 6.07) is 12.8. The summed E-state index contributed by atoms with van der Waals surface area (Å²) >= 11 is 0. The molecule has 0 spiro atoms. The Morgan fingerprint density at radius 2 is 1.73 bits per heavy atom. The van der Waals surface area contributed by atoms with E-state index in [-0.39, 0.29) is 80.5 Å². The predicted molar refractivity (Wildman–Crippen MR) is 256 cm³/mol. The minimum atomic E-state index is -2.05. The van der Waals surface area contributed by atoms with Crippen LogP contribution >= 0.6 is 0 Å². The van der Waals surface area contributed by atoms with E-state index in [2.05, 4.69) is 5.32 Å². The van der Waals surface area contributed by atoms with Gasteiger partial charge in [0.05, 0.1) is 35.8 Å². The molecular weight excluding hydrogens is 903 g/mol. The van der Waals surface area contributed by atoms with Gasteiger partial charge in [0, 0.05) is 79.7 Å². The number of benzene rings is 3. The van der Waals surface area contributed by atoms with Crippen molar-refractivity contribution >= 4 is 29.1 Å². The van der Waals surface area contributed by atoms with Crippen molar-refractivity contribution in [2.24, 2.45) is 22.7 Å². The molecule has 7 bridgehead atoms. The third-order valence-electron chi connectivity index (χ3n) is 13.5. The number of nitrogens with zero attached hydrogens (tertiary/aromatic N) is 2. The number of likely N-dealkylation sites (N-methyl/N-ethyl adjacent to an activating group) is 1. The molecule has 3 aromatic rings. The molecule has 6 aliphatic rings. The van der Waals surface area contributed by atoms with E-state index in [0.717, 1.165) is 5.56 Å². The fourth-order valence-corrected chi connectivity index (χ4v) is 9.46. The van der Waals surface area contributed by atoms with E-state index in [1.54, 1.807) is 38.1 Å². The molecule has 372 valence electrons. The monoisotopic (exact) mass is 963 g/mol. The van der Waals surface area contributed by atoms with Crippen LogP contribution in [0, 0.1) is 24.7 Å². The number of allylic oxidation sites excluding steroid dienone is 3. The number of nitrogens with one attached hydrogen (secondary N) is 1. The van der Waals surface area contributed by atoms with Gasteiger partial charge in [0.2, 0.25) is 0 Å². The van der Waals surface area contributed by atoms with E-state index in [1.807, 2.05) is 69.3 Å². The van der Waals surface area contributed by atoms with Crippen LogP contribution in [0.4, 0.5) is 5.69 Å². The van der Waals surface area contributed by atoms with Crippen molar-refractivity contribution in [2.75, 3.05) is 34.4 Å². The lowest BCUT2D eigenvalue weighted by Crippen LogP contribution is -2.46. The van der Waals surface area contributed by atoms with E-state index in [0.29, 0.717) is 18.9 Å². The number of hydrogen-bond donors (Lipinski definition) is 4. The summed E-state index contributed by atoms with van der Waals surface area (Å²) in [7, 11) is 5.31. The first kappa shape index (κ1) is 49.9. The molecule has 1 fully saturated rings. The molecule has 1 saturated heterocycles. The highest BCUT2D eigenvalue weighted by Gasteiger charge is 2.54. The van der Waals surface area contributed by atoms with Crippen molar-refractivity contribution < 1.29 is 67.6 Å². The molecule has 70 heavy (non-hydrogen) atoms. The van der Waals surface area contributed by atoms with Crippen molar-refractivity contribution in [3.05, 3.63) is 118 Å². The Hall–Kier alpha value is -6.50. The van der Waals surface area contributed by atoms with E-state index >= 15 is 4.79 Å². The first-order valence-electron chi connectivity index (χ1n) is 23.3. The maximum absolute atomic E-state index is 15.0. The van der Waals surface area contributed by atoms with Crippen molar-refractivity contribution in [1.82, 2.24) is 10.2 Å². The summed E-state index contributed by atoms with van der Waals surface area (Å²) in [6.45, 7) is 12.4. The Kier molecular flexibility index (Phi) is 14.3. The first-order valence-corrected chi connectivity index (χ1v) is 23.3. The van der Waals surface area contributed by atoms with Gasteiger partial charge in [0.25, 0.3) is 11.7 Å². The lowest BCUT2D eigenvalue weighted by atomic mass is 9.81. The van der Waals surface area contributed by atoms with Gasteiger partial charge in [0.15, 0.2) is 17.3 Å². The molecule has 1 unspecified atom stereocenters. The topological polar surface area (TPSA) is 213 Å². The van der Waals surface area contributed by atoms with Crippen molar-refractivity contribution in [2.45, 2.75) is 97.5 Å². The average molecular weight is 964 g/mol. The van der Waals surface area contributed by atoms with Gasteiger partial charge in [-0.25, -0.2) is 4.99 Å². The number of aliphatic hydroxyl groups excluding tert-OH is 2. The average Bonchev–Trinajstić information content (AvgIpc) is 3.77. The zero-order valence-electron chi connectivity index (χ0n) is 41.0. The Balaban J connectivity index is 1.30. The highest BCUT2D eigenvalue weighted by Crippen LogP contribution is 2.54. The van der Waals surface area contributed by atoms with Gasteiger partial charge in [-0.05, 0) is 39.6 Å². The molecule has 17 nitrogen and oxygen atoms in total. The zero-order valence-corrected chi connectivity index (χ0v) is 41.0. The van der Waals surface area contributed by atoms with E-state index in [1.165, 1.54) is 40.2 Å². The van der Waals surface area contributed by atoms with Gasteiger partial charge in [-0.1, -0.05) is 69.3 Å². The second-order valence-electron chi connectivity index (χ2n) is 18.8.